The van der Waals surface area contributed by atoms with Gasteiger partial charge in [-0.05, 0) is 65.8 Å². The van der Waals surface area contributed by atoms with Gasteiger partial charge in [-0.15, -0.1) is 0 Å². The maximum atomic E-state index is 12.8. The summed E-state index contributed by atoms with van der Waals surface area (Å²) in [6.45, 7) is -0.192. The van der Waals surface area contributed by atoms with E-state index in [1.807, 2.05) is 6.20 Å². The van der Waals surface area contributed by atoms with Crippen LogP contribution in [0.15, 0.2) is 60.0 Å². The number of rotatable bonds is 7. The Morgan fingerprint density at radius 3 is 2.57 bits per heavy atom. The molecule has 3 heterocycles. The maximum absolute atomic E-state index is 12.8. The predicted molar refractivity (Wildman–Crippen MR) is 133 cm³/mol. The molecular formula is C25H24N6O3S. The average molecular weight is 489 g/mol. The molecule has 5 rings (SSSR count). The summed E-state index contributed by atoms with van der Waals surface area (Å²) in [6, 6.07) is 9.21. The standard InChI is InChI=1S/C25H24N6O3S/c1-30(14-23(26)32)24(33)17-5-6-19-21(10-17)31(13-22(19)35(2)34)25-28-11-18(12-29-25)20-9-16(7-8-27-20)15-3-4-15/h5-13,15H,3-4,14H2,1-2H3,(H2,26,32). The van der Waals surface area contributed by atoms with Crippen molar-refractivity contribution in [2.45, 2.75) is 23.7 Å². The molecule has 1 aromatic carbocycles. The summed E-state index contributed by atoms with van der Waals surface area (Å²) < 4.78 is 14.1. The molecule has 2 amide bonds. The molecule has 3 aromatic heterocycles. The van der Waals surface area contributed by atoms with Crippen molar-refractivity contribution in [3.63, 3.8) is 0 Å². The second kappa shape index (κ2) is 9.12. The van der Waals surface area contributed by atoms with E-state index in [0.717, 1.165) is 16.6 Å². The molecule has 1 aliphatic rings. The predicted octanol–water partition coefficient (Wildman–Crippen LogP) is 2.65. The highest BCUT2D eigenvalue weighted by Crippen LogP contribution is 2.40. The Bertz CT molecular complexity index is 1430. The fraction of sp³-hybridized carbons (Fsp3) is 0.240. The van der Waals surface area contributed by atoms with Crippen LogP contribution in [0, 0.1) is 0 Å². The van der Waals surface area contributed by atoms with Crippen molar-refractivity contribution < 1.29 is 14.1 Å². The highest BCUT2D eigenvalue weighted by molar-refractivity contribution is 7.91. The first kappa shape index (κ1) is 23.0. The molecule has 1 saturated carbocycles. The number of nitrogens with zero attached hydrogens (tertiary/aromatic N) is 5. The number of pyridine rings is 1. The fourth-order valence-electron chi connectivity index (χ4n) is 4.10. The second-order valence-corrected chi connectivity index (χ2v) is 10.0. The van der Waals surface area contributed by atoms with Gasteiger partial charge in [-0.1, -0.05) is 0 Å². The number of carbonyl (C=O) groups is 2. The van der Waals surface area contributed by atoms with E-state index in [1.54, 1.807) is 47.6 Å². The molecule has 0 bridgehead atoms. The number of aromatic nitrogens is 4. The number of hydrogen-bond donors (Lipinski definition) is 1. The summed E-state index contributed by atoms with van der Waals surface area (Å²) in [5, 5.41) is 0.728. The zero-order valence-electron chi connectivity index (χ0n) is 19.3. The first-order chi connectivity index (χ1) is 16.8. The van der Waals surface area contributed by atoms with Crippen molar-refractivity contribution in [1.82, 2.24) is 24.4 Å². The van der Waals surface area contributed by atoms with Crippen molar-refractivity contribution in [2.75, 3.05) is 19.8 Å². The third kappa shape index (κ3) is 4.62. The summed E-state index contributed by atoms with van der Waals surface area (Å²) >= 11 is -1.27. The summed E-state index contributed by atoms with van der Waals surface area (Å²) in [5.74, 6) is 0.0504. The second-order valence-electron chi connectivity index (χ2n) is 8.70. The van der Waals surface area contributed by atoms with E-state index in [0.29, 0.717) is 27.8 Å². The lowest BCUT2D eigenvalue weighted by atomic mass is 10.1. The zero-order valence-corrected chi connectivity index (χ0v) is 20.2. The number of amides is 2. The van der Waals surface area contributed by atoms with E-state index in [-0.39, 0.29) is 12.5 Å². The van der Waals surface area contributed by atoms with Crippen LogP contribution in [0.1, 0.15) is 34.7 Å². The molecule has 1 fully saturated rings. The van der Waals surface area contributed by atoms with Gasteiger partial charge in [0.05, 0.1) is 29.3 Å². The first-order valence-corrected chi connectivity index (χ1v) is 12.7. The number of carbonyl (C=O) groups excluding carboxylic acids is 2. The Hall–Kier alpha value is -3.76. The Morgan fingerprint density at radius 1 is 1.17 bits per heavy atom. The van der Waals surface area contributed by atoms with Crippen molar-refractivity contribution in [3.05, 3.63) is 66.2 Å². The van der Waals surface area contributed by atoms with Crippen LogP contribution in [0.5, 0.6) is 0 Å². The third-order valence-electron chi connectivity index (χ3n) is 6.05. The van der Waals surface area contributed by atoms with Crippen LogP contribution in [-0.4, -0.2) is 60.6 Å². The van der Waals surface area contributed by atoms with Crippen molar-refractivity contribution in [3.8, 4) is 17.2 Å². The zero-order chi connectivity index (χ0) is 24.7. The van der Waals surface area contributed by atoms with Gasteiger partial charge in [-0.2, -0.15) is 0 Å². The van der Waals surface area contributed by atoms with E-state index in [1.165, 1.54) is 30.4 Å². The minimum Gasteiger partial charge on any atom is -0.612 e. The SMILES string of the molecule is CN(CC(N)=O)C(=O)c1ccc2c([S+](C)[O-])cn(-c3ncc(-c4cc(C5CC5)ccn4)cn3)c2c1. The number of nitrogens with two attached hydrogens (primary N) is 1. The molecular weight excluding hydrogens is 464 g/mol. The molecule has 1 atom stereocenters. The lowest BCUT2D eigenvalue weighted by Crippen LogP contribution is -2.35. The first-order valence-electron chi connectivity index (χ1n) is 11.1. The van der Waals surface area contributed by atoms with E-state index in [4.69, 9.17) is 5.73 Å². The molecule has 0 aliphatic heterocycles. The number of fused-ring (bicyclic) bond motifs is 1. The maximum Gasteiger partial charge on any atom is 0.254 e. The van der Waals surface area contributed by atoms with E-state index < -0.39 is 17.1 Å². The van der Waals surface area contributed by atoms with Crippen molar-refractivity contribution in [1.29, 1.82) is 0 Å². The van der Waals surface area contributed by atoms with Gasteiger partial charge in [0.2, 0.25) is 11.9 Å². The number of benzene rings is 1. The number of primary amides is 1. The van der Waals surface area contributed by atoms with Crippen LogP contribution >= 0.6 is 0 Å². The lowest BCUT2D eigenvalue weighted by Gasteiger charge is -2.15. The molecule has 4 aromatic rings. The van der Waals surface area contributed by atoms with Gasteiger partial charge in [0.25, 0.3) is 5.91 Å². The van der Waals surface area contributed by atoms with Crippen LogP contribution in [0.2, 0.25) is 0 Å². The molecule has 9 nitrogen and oxygen atoms in total. The van der Waals surface area contributed by atoms with E-state index >= 15 is 0 Å². The van der Waals surface area contributed by atoms with E-state index in [9.17, 15) is 14.1 Å². The smallest absolute Gasteiger partial charge is 0.254 e. The number of hydrogen-bond acceptors (Lipinski definition) is 6. The van der Waals surface area contributed by atoms with Crippen LogP contribution in [0.3, 0.4) is 0 Å². The highest BCUT2D eigenvalue weighted by Gasteiger charge is 2.24. The summed E-state index contributed by atoms with van der Waals surface area (Å²) in [4.78, 5) is 39.4. The number of likely N-dealkylation sites (N-methyl/N-ethyl adjacent to an activating group) is 1. The minimum absolute atomic E-state index is 0.192. The molecule has 0 radical (unpaired) electrons. The van der Waals surface area contributed by atoms with E-state index in [2.05, 4.69) is 27.1 Å². The normalized spacial score (nSPS) is 14.1. The molecule has 178 valence electrons. The highest BCUT2D eigenvalue weighted by atomic mass is 32.2. The Balaban J connectivity index is 1.53. The average Bonchev–Trinajstić information content (AvgIpc) is 3.63. The van der Waals surface area contributed by atoms with Gasteiger partial charge >= 0.3 is 0 Å². The molecule has 2 N–H and O–H groups in total. The monoisotopic (exact) mass is 488 g/mol. The summed E-state index contributed by atoms with van der Waals surface area (Å²) in [6.07, 6.45) is 11.0. The molecule has 0 saturated heterocycles. The largest absolute Gasteiger partial charge is 0.612 e. The quantitative estimate of drug-likeness (QED) is 0.398. The molecule has 0 spiro atoms. The molecule has 35 heavy (non-hydrogen) atoms. The topological polar surface area (TPSA) is 130 Å². The van der Waals surface area contributed by atoms with Crippen molar-refractivity contribution in [2.24, 2.45) is 5.73 Å². The summed E-state index contributed by atoms with van der Waals surface area (Å²) in [7, 11) is 1.51. The van der Waals surface area contributed by atoms with Gasteiger partial charge in [0, 0.05) is 36.8 Å². The molecule has 10 heteroatoms. The Morgan fingerprint density at radius 2 is 1.91 bits per heavy atom. The Labute approximate surface area is 205 Å². The van der Waals surface area contributed by atoms with Crippen LogP contribution < -0.4 is 5.73 Å². The minimum atomic E-state index is -1.27. The third-order valence-corrected chi connectivity index (χ3v) is 6.99. The van der Waals surface area contributed by atoms with Crippen LogP contribution in [-0.2, 0) is 16.0 Å². The Kier molecular flexibility index (Phi) is 6.00. The molecule has 1 unspecified atom stereocenters. The summed E-state index contributed by atoms with van der Waals surface area (Å²) in [5.41, 5.74) is 9.13. The van der Waals surface area contributed by atoms with Crippen LogP contribution in [0.25, 0.3) is 28.1 Å². The van der Waals surface area contributed by atoms with Gasteiger partial charge < -0.3 is 15.2 Å². The lowest BCUT2D eigenvalue weighted by molar-refractivity contribution is -0.118. The molecule has 1 aliphatic carbocycles. The van der Waals surface area contributed by atoms with Gasteiger partial charge in [-0.25, -0.2) is 9.97 Å². The van der Waals surface area contributed by atoms with Crippen molar-refractivity contribution >= 4 is 33.9 Å². The van der Waals surface area contributed by atoms with Gasteiger partial charge in [0.15, 0.2) is 4.90 Å². The fourth-order valence-corrected chi connectivity index (χ4v) is 4.84. The van der Waals surface area contributed by atoms with Gasteiger partial charge in [-0.3, -0.25) is 19.1 Å². The van der Waals surface area contributed by atoms with Crippen LogP contribution in [0.4, 0.5) is 0 Å². The van der Waals surface area contributed by atoms with Gasteiger partial charge in [0.1, 0.15) is 6.26 Å².